The Morgan fingerprint density at radius 1 is 0.824 bits per heavy atom. The van der Waals surface area contributed by atoms with Gasteiger partial charge >= 0.3 is 0 Å². The molecule has 0 aliphatic rings. The molecule has 1 heteroatoms. The second-order valence-corrected chi connectivity index (χ2v) is 4.31. The van der Waals surface area contributed by atoms with Gasteiger partial charge < -0.3 is 5.11 Å². The molecule has 0 amide bonds. The van der Waals surface area contributed by atoms with Crippen LogP contribution in [0, 0.1) is 13.8 Å². The van der Waals surface area contributed by atoms with Crippen LogP contribution in [0.4, 0.5) is 0 Å². The molecule has 1 nitrogen and oxygen atoms in total. The summed E-state index contributed by atoms with van der Waals surface area (Å²) in [6, 6.07) is 14.0. The normalized spacial score (nSPS) is 10.9. The minimum absolute atomic E-state index is 0.327. The summed E-state index contributed by atoms with van der Waals surface area (Å²) >= 11 is 0. The van der Waals surface area contributed by atoms with E-state index in [1.165, 1.54) is 5.56 Å². The van der Waals surface area contributed by atoms with Crippen molar-refractivity contribution in [3.63, 3.8) is 0 Å². The van der Waals surface area contributed by atoms with E-state index < -0.39 is 0 Å². The fourth-order valence-electron chi connectivity index (χ4n) is 1.66. The molecule has 0 fully saturated rings. The van der Waals surface area contributed by atoms with Gasteiger partial charge in [0.2, 0.25) is 0 Å². The van der Waals surface area contributed by atoms with E-state index in [1.54, 1.807) is 6.07 Å². The minimum Gasteiger partial charge on any atom is -0.507 e. The third-order valence-electron chi connectivity index (χ3n) is 2.72. The number of hydrogen-bond acceptors (Lipinski definition) is 1. The molecule has 2 aromatic rings. The van der Waals surface area contributed by atoms with Gasteiger partial charge in [-0.05, 0) is 31.0 Å². The van der Waals surface area contributed by atoms with Crippen LogP contribution in [0.5, 0.6) is 5.75 Å². The summed E-state index contributed by atoms with van der Waals surface area (Å²) in [5.41, 5.74) is 4.29. The maximum atomic E-state index is 9.76. The quantitative estimate of drug-likeness (QED) is 0.759. The molecule has 0 aliphatic heterocycles. The zero-order valence-electron chi connectivity index (χ0n) is 10.1. The molecule has 0 saturated carbocycles. The lowest BCUT2D eigenvalue weighted by Gasteiger charge is -2.00. The number of rotatable bonds is 2. The highest BCUT2D eigenvalue weighted by Gasteiger charge is 1.96. The van der Waals surface area contributed by atoms with Crippen molar-refractivity contribution in [3.05, 3.63) is 64.7 Å². The summed E-state index contributed by atoms with van der Waals surface area (Å²) < 4.78 is 0. The molecule has 17 heavy (non-hydrogen) atoms. The summed E-state index contributed by atoms with van der Waals surface area (Å²) in [7, 11) is 0. The number of phenols is 1. The van der Waals surface area contributed by atoms with Crippen LogP contribution in [-0.4, -0.2) is 5.11 Å². The maximum absolute atomic E-state index is 9.76. The Morgan fingerprint density at radius 3 is 2.12 bits per heavy atom. The average molecular weight is 224 g/mol. The minimum atomic E-state index is 0.327. The van der Waals surface area contributed by atoms with Crippen LogP contribution in [0.3, 0.4) is 0 Å². The van der Waals surface area contributed by atoms with Gasteiger partial charge in [0.05, 0.1) is 0 Å². The molecular formula is C16H16O. The highest BCUT2D eigenvalue weighted by Crippen LogP contribution is 2.20. The first-order valence-electron chi connectivity index (χ1n) is 5.69. The first-order chi connectivity index (χ1) is 8.15. The van der Waals surface area contributed by atoms with Crippen molar-refractivity contribution in [1.29, 1.82) is 0 Å². The Kier molecular flexibility index (Phi) is 3.29. The number of aryl methyl sites for hydroxylation is 2. The van der Waals surface area contributed by atoms with Crippen LogP contribution >= 0.6 is 0 Å². The second kappa shape index (κ2) is 4.88. The second-order valence-electron chi connectivity index (χ2n) is 4.31. The van der Waals surface area contributed by atoms with Gasteiger partial charge in [0.1, 0.15) is 5.75 Å². The molecule has 2 aromatic carbocycles. The van der Waals surface area contributed by atoms with Gasteiger partial charge in [-0.2, -0.15) is 0 Å². The van der Waals surface area contributed by atoms with E-state index in [9.17, 15) is 5.11 Å². The van der Waals surface area contributed by atoms with Crippen molar-refractivity contribution < 1.29 is 5.11 Å². The lowest BCUT2D eigenvalue weighted by Crippen LogP contribution is -1.78. The first kappa shape index (κ1) is 11.5. The molecule has 86 valence electrons. The largest absolute Gasteiger partial charge is 0.507 e. The summed E-state index contributed by atoms with van der Waals surface area (Å²) in [6.07, 6.45) is 3.93. The van der Waals surface area contributed by atoms with E-state index in [1.807, 2.05) is 31.2 Å². The number of phenolic OH excluding ortho intramolecular Hbond substituents is 1. The van der Waals surface area contributed by atoms with E-state index >= 15 is 0 Å². The van der Waals surface area contributed by atoms with Crippen LogP contribution in [0.2, 0.25) is 0 Å². The SMILES string of the molecule is Cc1ccc(/C=C/c2ccc(C)cc2O)cc1. The van der Waals surface area contributed by atoms with Crippen molar-refractivity contribution in [2.45, 2.75) is 13.8 Å². The smallest absolute Gasteiger partial charge is 0.123 e. The van der Waals surface area contributed by atoms with Gasteiger partial charge in [-0.15, -0.1) is 0 Å². The van der Waals surface area contributed by atoms with E-state index in [2.05, 4.69) is 31.2 Å². The predicted octanol–water partition coefficient (Wildman–Crippen LogP) is 4.18. The van der Waals surface area contributed by atoms with Gasteiger partial charge in [-0.25, -0.2) is 0 Å². The molecule has 0 saturated heterocycles. The third kappa shape index (κ3) is 2.97. The van der Waals surface area contributed by atoms with Crippen molar-refractivity contribution in [1.82, 2.24) is 0 Å². The van der Waals surface area contributed by atoms with Crippen LogP contribution < -0.4 is 0 Å². The highest BCUT2D eigenvalue weighted by molar-refractivity contribution is 5.72. The zero-order chi connectivity index (χ0) is 12.3. The molecule has 1 N–H and O–H groups in total. The van der Waals surface area contributed by atoms with Crippen molar-refractivity contribution >= 4 is 12.2 Å². The zero-order valence-corrected chi connectivity index (χ0v) is 10.1. The molecule has 0 bridgehead atoms. The molecule has 0 unspecified atom stereocenters. The van der Waals surface area contributed by atoms with Crippen LogP contribution in [0.15, 0.2) is 42.5 Å². The molecule has 2 rings (SSSR count). The summed E-state index contributed by atoms with van der Waals surface area (Å²) in [5.74, 6) is 0.327. The first-order valence-corrected chi connectivity index (χ1v) is 5.69. The van der Waals surface area contributed by atoms with E-state index in [0.717, 1.165) is 16.7 Å². The van der Waals surface area contributed by atoms with Crippen molar-refractivity contribution in [3.8, 4) is 5.75 Å². The molecular weight excluding hydrogens is 208 g/mol. The Balaban J connectivity index is 2.23. The van der Waals surface area contributed by atoms with Crippen LogP contribution in [0.25, 0.3) is 12.2 Å². The summed E-state index contributed by atoms with van der Waals surface area (Å²) in [6.45, 7) is 4.03. The average Bonchev–Trinajstić information content (AvgIpc) is 2.30. The Hall–Kier alpha value is -2.02. The lowest BCUT2D eigenvalue weighted by atomic mass is 10.1. The highest BCUT2D eigenvalue weighted by atomic mass is 16.3. The fourth-order valence-corrected chi connectivity index (χ4v) is 1.66. The van der Waals surface area contributed by atoms with Crippen LogP contribution in [0.1, 0.15) is 22.3 Å². The monoisotopic (exact) mass is 224 g/mol. The van der Waals surface area contributed by atoms with E-state index in [4.69, 9.17) is 0 Å². The van der Waals surface area contributed by atoms with Crippen LogP contribution in [-0.2, 0) is 0 Å². The van der Waals surface area contributed by atoms with E-state index in [0.29, 0.717) is 5.75 Å². The third-order valence-corrected chi connectivity index (χ3v) is 2.72. The molecule has 0 atom stereocenters. The lowest BCUT2D eigenvalue weighted by molar-refractivity contribution is 0.473. The van der Waals surface area contributed by atoms with Crippen molar-refractivity contribution in [2.75, 3.05) is 0 Å². The standard InChI is InChI=1S/C16H16O/c1-12-3-6-14(7-4-12)8-10-15-9-5-13(2)11-16(15)17/h3-11,17H,1-2H3/b10-8+. The van der Waals surface area contributed by atoms with Gasteiger partial charge in [-0.3, -0.25) is 0 Å². The summed E-state index contributed by atoms with van der Waals surface area (Å²) in [4.78, 5) is 0. The van der Waals surface area contributed by atoms with Gasteiger partial charge in [0.25, 0.3) is 0 Å². The number of hydrogen-bond donors (Lipinski definition) is 1. The van der Waals surface area contributed by atoms with Gasteiger partial charge in [0.15, 0.2) is 0 Å². The van der Waals surface area contributed by atoms with Crippen molar-refractivity contribution in [2.24, 2.45) is 0 Å². The Morgan fingerprint density at radius 2 is 1.47 bits per heavy atom. The Bertz CT molecular complexity index is 536. The molecule has 0 spiro atoms. The Labute approximate surface area is 102 Å². The van der Waals surface area contributed by atoms with Gasteiger partial charge in [-0.1, -0.05) is 54.1 Å². The molecule has 0 aromatic heterocycles. The van der Waals surface area contributed by atoms with E-state index in [-0.39, 0.29) is 0 Å². The topological polar surface area (TPSA) is 20.2 Å². The molecule has 0 aliphatic carbocycles. The summed E-state index contributed by atoms with van der Waals surface area (Å²) in [5, 5.41) is 9.76. The number of benzene rings is 2. The maximum Gasteiger partial charge on any atom is 0.123 e. The molecule has 0 radical (unpaired) electrons. The number of aromatic hydroxyl groups is 1. The fraction of sp³-hybridized carbons (Fsp3) is 0.125. The molecule has 0 heterocycles. The predicted molar refractivity (Wildman–Crippen MR) is 73.0 cm³/mol. The van der Waals surface area contributed by atoms with Gasteiger partial charge in [0, 0.05) is 5.56 Å².